The normalized spacial score (nSPS) is 9.90. The van der Waals surface area contributed by atoms with Gasteiger partial charge in [-0.05, 0) is 12.1 Å². The van der Waals surface area contributed by atoms with Crippen LogP contribution in [0.4, 0.5) is 17.2 Å². The van der Waals surface area contributed by atoms with Gasteiger partial charge in [-0.2, -0.15) is 0 Å². The van der Waals surface area contributed by atoms with E-state index in [1.54, 1.807) is 18.3 Å². The van der Waals surface area contributed by atoms with Crippen molar-refractivity contribution in [1.29, 1.82) is 0 Å². The first kappa shape index (κ1) is 13.6. The summed E-state index contributed by atoms with van der Waals surface area (Å²) in [5, 5.41) is 2.98. The van der Waals surface area contributed by atoms with E-state index in [9.17, 15) is 4.79 Å². The van der Waals surface area contributed by atoms with Gasteiger partial charge in [-0.3, -0.25) is 0 Å². The molecule has 0 unspecified atom stereocenters. The maximum absolute atomic E-state index is 11.5. The molecule has 2 heterocycles. The number of aromatic nitrogens is 2. The van der Waals surface area contributed by atoms with Crippen LogP contribution in [-0.4, -0.2) is 30.2 Å². The number of carbonyl (C=O) groups excluding carboxylic acids is 1. The number of nitrogens with one attached hydrogen (secondary N) is 1. The Morgan fingerprint density at radius 3 is 2.65 bits per heavy atom. The summed E-state index contributed by atoms with van der Waals surface area (Å²) in [5.41, 5.74) is 7.04. The van der Waals surface area contributed by atoms with Crippen molar-refractivity contribution in [1.82, 2.24) is 9.97 Å². The highest BCUT2D eigenvalue weighted by Crippen LogP contribution is 2.24. The minimum absolute atomic E-state index is 0.218. The molecule has 7 heteroatoms. The Morgan fingerprint density at radius 1 is 1.25 bits per heavy atom. The minimum atomic E-state index is -0.513. The molecular weight excluding hydrogens is 260 g/mol. The third kappa shape index (κ3) is 2.77. The number of nitrogens with two attached hydrogens (primary N) is 1. The molecule has 3 N–H and O–H groups in total. The van der Waals surface area contributed by atoms with E-state index >= 15 is 0 Å². The van der Waals surface area contributed by atoms with Gasteiger partial charge in [0.1, 0.15) is 0 Å². The summed E-state index contributed by atoms with van der Waals surface area (Å²) >= 11 is 0. The molecule has 2 rings (SSSR count). The lowest BCUT2D eigenvalue weighted by molar-refractivity contribution is 0.0602. The van der Waals surface area contributed by atoms with E-state index in [0.717, 1.165) is 0 Å². The summed E-state index contributed by atoms with van der Waals surface area (Å²) in [6.45, 7) is 0. The van der Waals surface area contributed by atoms with E-state index in [0.29, 0.717) is 17.4 Å². The topological polar surface area (TPSA) is 99.4 Å². The van der Waals surface area contributed by atoms with Gasteiger partial charge in [0.2, 0.25) is 5.88 Å². The van der Waals surface area contributed by atoms with Gasteiger partial charge in [-0.25, -0.2) is 14.8 Å². The minimum Gasteiger partial charge on any atom is -0.481 e. The standard InChI is InChI=1S/C13H14N4O3/c1-19-10-4-3-8(7-16-10)17-12-11(14)9(5-6-15-12)13(18)20-2/h3-7H,14H2,1-2H3,(H,15,17). The first-order valence-electron chi connectivity index (χ1n) is 5.75. The Balaban J connectivity index is 2.26. The number of rotatable bonds is 4. The van der Waals surface area contributed by atoms with Crippen LogP contribution in [0, 0.1) is 0 Å². The van der Waals surface area contributed by atoms with Crippen LogP contribution in [0.15, 0.2) is 30.6 Å². The molecule has 0 amide bonds. The number of esters is 1. The van der Waals surface area contributed by atoms with Gasteiger partial charge in [-0.15, -0.1) is 0 Å². The third-order valence-electron chi connectivity index (χ3n) is 2.60. The lowest BCUT2D eigenvalue weighted by Crippen LogP contribution is -2.09. The summed E-state index contributed by atoms with van der Waals surface area (Å²) in [6, 6.07) is 4.96. The van der Waals surface area contributed by atoms with E-state index in [1.807, 2.05) is 0 Å². The van der Waals surface area contributed by atoms with Crippen LogP contribution in [-0.2, 0) is 4.74 Å². The number of hydrogen-bond acceptors (Lipinski definition) is 7. The Hall–Kier alpha value is -2.83. The van der Waals surface area contributed by atoms with Gasteiger partial charge in [0.05, 0.1) is 37.4 Å². The van der Waals surface area contributed by atoms with Crippen LogP contribution < -0.4 is 15.8 Å². The van der Waals surface area contributed by atoms with Crippen molar-refractivity contribution in [3.8, 4) is 5.88 Å². The highest BCUT2D eigenvalue weighted by molar-refractivity contribution is 5.97. The number of pyridine rings is 2. The van der Waals surface area contributed by atoms with Crippen molar-refractivity contribution >= 4 is 23.2 Å². The molecule has 0 spiro atoms. The van der Waals surface area contributed by atoms with Crippen LogP contribution in [0.1, 0.15) is 10.4 Å². The zero-order valence-electron chi connectivity index (χ0n) is 11.1. The summed E-state index contributed by atoms with van der Waals surface area (Å²) in [6.07, 6.45) is 3.05. The van der Waals surface area contributed by atoms with Crippen molar-refractivity contribution in [2.75, 3.05) is 25.3 Å². The molecule has 104 valence electrons. The average Bonchev–Trinajstić information content (AvgIpc) is 2.49. The van der Waals surface area contributed by atoms with Gasteiger partial charge in [0.25, 0.3) is 0 Å². The molecule has 0 aliphatic heterocycles. The Morgan fingerprint density at radius 2 is 2.05 bits per heavy atom. The van der Waals surface area contributed by atoms with Crippen molar-refractivity contribution in [2.45, 2.75) is 0 Å². The Labute approximate surface area is 115 Å². The second-order valence-corrected chi connectivity index (χ2v) is 3.83. The molecule has 0 aliphatic rings. The number of methoxy groups -OCH3 is 2. The van der Waals surface area contributed by atoms with E-state index < -0.39 is 5.97 Å². The quantitative estimate of drug-likeness (QED) is 0.817. The SMILES string of the molecule is COC(=O)c1ccnc(Nc2ccc(OC)nc2)c1N. The number of ether oxygens (including phenoxy) is 2. The number of nitrogen functional groups attached to an aromatic ring is 1. The number of anilines is 3. The summed E-state index contributed by atoms with van der Waals surface area (Å²) in [4.78, 5) is 19.7. The van der Waals surface area contributed by atoms with Gasteiger partial charge >= 0.3 is 5.97 Å². The predicted octanol–water partition coefficient (Wildman–Crippen LogP) is 1.60. The fourth-order valence-corrected chi connectivity index (χ4v) is 1.57. The maximum atomic E-state index is 11.5. The van der Waals surface area contributed by atoms with Crippen LogP contribution in [0.3, 0.4) is 0 Å². The average molecular weight is 274 g/mol. The molecule has 2 aromatic rings. The third-order valence-corrected chi connectivity index (χ3v) is 2.60. The highest BCUT2D eigenvalue weighted by Gasteiger charge is 2.13. The van der Waals surface area contributed by atoms with E-state index in [-0.39, 0.29) is 11.3 Å². The molecular formula is C13H14N4O3. The van der Waals surface area contributed by atoms with Crippen LogP contribution >= 0.6 is 0 Å². The lowest BCUT2D eigenvalue weighted by atomic mass is 10.2. The van der Waals surface area contributed by atoms with Crippen LogP contribution in [0.5, 0.6) is 5.88 Å². The molecule has 0 saturated heterocycles. The maximum Gasteiger partial charge on any atom is 0.340 e. The largest absolute Gasteiger partial charge is 0.481 e. The molecule has 0 fully saturated rings. The lowest BCUT2D eigenvalue weighted by Gasteiger charge is -2.10. The molecule has 20 heavy (non-hydrogen) atoms. The van der Waals surface area contributed by atoms with Crippen molar-refractivity contribution < 1.29 is 14.3 Å². The number of nitrogens with zero attached hydrogens (tertiary/aromatic N) is 2. The first-order valence-corrected chi connectivity index (χ1v) is 5.75. The molecule has 0 aliphatic carbocycles. The molecule has 0 saturated carbocycles. The first-order chi connectivity index (χ1) is 9.65. The second kappa shape index (κ2) is 5.87. The van der Waals surface area contributed by atoms with Crippen molar-refractivity contribution in [2.24, 2.45) is 0 Å². The van der Waals surface area contributed by atoms with Gasteiger partial charge in [-0.1, -0.05) is 0 Å². The number of hydrogen-bond donors (Lipinski definition) is 2. The smallest absolute Gasteiger partial charge is 0.340 e. The zero-order valence-corrected chi connectivity index (χ0v) is 11.1. The van der Waals surface area contributed by atoms with Gasteiger partial charge in [0, 0.05) is 12.3 Å². The van der Waals surface area contributed by atoms with Crippen molar-refractivity contribution in [3.05, 3.63) is 36.2 Å². The molecule has 0 aromatic carbocycles. The Bertz CT molecular complexity index is 614. The van der Waals surface area contributed by atoms with E-state index in [4.69, 9.17) is 10.5 Å². The molecule has 0 radical (unpaired) electrons. The fraction of sp³-hybridized carbons (Fsp3) is 0.154. The molecule has 0 bridgehead atoms. The van der Waals surface area contributed by atoms with Crippen molar-refractivity contribution in [3.63, 3.8) is 0 Å². The molecule has 2 aromatic heterocycles. The monoisotopic (exact) mass is 274 g/mol. The van der Waals surface area contributed by atoms with Crippen LogP contribution in [0.2, 0.25) is 0 Å². The predicted molar refractivity (Wildman–Crippen MR) is 74.1 cm³/mol. The van der Waals surface area contributed by atoms with Gasteiger partial charge < -0.3 is 20.5 Å². The van der Waals surface area contributed by atoms with Gasteiger partial charge in [0.15, 0.2) is 5.82 Å². The molecule has 0 atom stereocenters. The highest BCUT2D eigenvalue weighted by atomic mass is 16.5. The van der Waals surface area contributed by atoms with Crippen LogP contribution in [0.25, 0.3) is 0 Å². The fourth-order valence-electron chi connectivity index (χ4n) is 1.57. The Kier molecular flexibility index (Phi) is 3.99. The summed E-state index contributed by atoms with van der Waals surface area (Å²) in [7, 11) is 2.83. The van der Waals surface area contributed by atoms with E-state index in [1.165, 1.54) is 26.5 Å². The summed E-state index contributed by atoms with van der Waals surface area (Å²) in [5.74, 6) is 0.348. The second-order valence-electron chi connectivity index (χ2n) is 3.83. The molecule has 7 nitrogen and oxygen atoms in total. The summed E-state index contributed by atoms with van der Waals surface area (Å²) < 4.78 is 9.62. The zero-order chi connectivity index (χ0) is 14.5. The number of carbonyl (C=O) groups is 1. The van der Waals surface area contributed by atoms with E-state index in [2.05, 4.69) is 20.0 Å².